The second-order valence-electron chi connectivity index (χ2n) is 4.25. The molecule has 100 valence electrons. The summed E-state index contributed by atoms with van der Waals surface area (Å²) in [4.78, 5) is 2.02. The zero-order valence-electron chi connectivity index (χ0n) is 9.73. The van der Waals surface area contributed by atoms with Gasteiger partial charge in [0.1, 0.15) is 0 Å². The Kier molecular flexibility index (Phi) is 4.02. The molecule has 0 aliphatic carbocycles. The number of alkyl halides is 3. The average Bonchev–Trinajstić information content (AvgIpc) is 2.56. The van der Waals surface area contributed by atoms with E-state index in [-0.39, 0.29) is 5.02 Å². The Hall–Kier alpha value is -0.940. The molecule has 2 rings (SSSR count). The Morgan fingerprint density at radius 2 is 1.94 bits per heavy atom. The second-order valence-corrected chi connectivity index (χ2v) is 4.66. The topological polar surface area (TPSA) is 15.3 Å². The maximum Gasteiger partial charge on any atom is 0.416 e. The largest absolute Gasteiger partial charge is 0.416 e. The van der Waals surface area contributed by atoms with Crippen molar-refractivity contribution in [2.75, 3.05) is 31.1 Å². The normalized spacial score (nSPS) is 17.7. The Morgan fingerprint density at radius 1 is 1.17 bits per heavy atom. The van der Waals surface area contributed by atoms with E-state index < -0.39 is 11.7 Å². The van der Waals surface area contributed by atoms with Gasteiger partial charge >= 0.3 is 6.18 Å². The number of rotatable bonds is 1. The van der Waals surface area contributed by atoms with Crippen LogP contribution in [-0.4, -0.2) is 26.2 Å². The first-order chi connectivity index (χ1) is 8.48. The third-order valence-electron chi connectivity index (χ3n) is 2.96. The highest BCUT2D eigenvalue weighted by molar-refractivity contribution is 6.33. The van der Waals surface area contributed by atoms with Crippen molar-refractivity contribution in [3.63, 3.8) is 0 Å². The van der Waals surface area contributed by atoms with Crippen LogP contribution in [0.4, 0.5) is 18.9 Å². The highest BCUT2D eigenvalue weighted by Gasteiger charge is 2.31. The molecule has 1 aromatic rings. The van der Waals surface area contributed by atoms with E-state index in [1.165, 1.54) is 6.07 Å². The van der Waals surface area contributed by atoms with Gasteiger partial charge in [-0.05, 0) is 31.2 Å². The predicted octanol–water partition coefficient (Wildman–Crippen LogP) is 3.16. The Morgan fingerprint density at radius 3 is 2.61 bits per heavy atom. The van der Waals surface area contributed by atoms with Crippen molar-refractivity contribution < 1.29 is 13.2 Å². The number of nitrogens with one attached hydrogen (secondary N) is 1. The fraction of sp³-hybridized carbons (Fsp3) is 0.500. The number of hydrogen-bond acceptors (Lipinski definition) is 2. The lowest BCUT2D eigenvalue weighted by molar-refractivity contribution is -0.137. The molecule has 1 aliphatic heterocycles. The molecule has 0 bridgehead atoms. The first kappa shape index (κ1) is 13.5. The van der Waals surface area contributed by atoms with Crippen LogP contribution in [0.3, 0.4) is 0 Å². The summed E-state index contributed by atoms with van der Waals surface area (Å²) in [6, 6.07) is 3.53. The summed E-state index contributed by atoms with van der Waals surface area (Å²) in [5.41, 5.74) is -0.0300. The van der Waals surface area contributed by atoms with Crippen molar-refractivity contribution in [2.45, 2.75) is 12.6 Å². The smallest absolute Gasteiger partial charge is 0.369 e. The van der Waals surface area contributed by atoms with Crippen LogP contribution in [0.15, 0.2) is 18.2 Å². The minimum Gasteiger partial charge on any atom is -0.369 e. The minimum absolute atomic E-state index is 0.159. The number of halogens is 4. The minimum atomic E-state index is -4.34. The molecule has 0 saturated carbocycles. The zero-order chi connectivity index (χ0) is 13.2. The third-order valence-corrected chi connectivity index (χ3v) is 3.26. The fourth-order valence-corrected chi connectivity index (χ4v) is 2.33. The van der Waals surface area contributed by atoms with Gasteiger partial charge in [-0.1, -0.05) is 11.6 Å². The van der Waals surface area contributed by atoms with Gasteiger partial charge in [-0.15, -0.1) is 0 Å². The maximum atomic E-state index is 12.5. The lowest BCUT2D eigenvalue weighted by atomic mass is 10.2. The zero-order valence-corrected chi connectivity index (χ0v) is 10.5. The van der Waals surface area contributed by atoms with Crippen LogP contribution < -0.4 is 10.2 Å². The van der Waals surface area contributed by atoms with E-state index in [0.29, 0.717) is 5.69 Å². The predicted molar refractivity (Wildman–Crippen MR) is 66.2 cm³/mol. The van der Waals surface area contributed by atoms with Gasteiger partial charge in [0.25, 0.3) is 0 Å². The van der Waals surface area contributed by atoms with Crippen LogP contribution >= 0.6 is 11.6 Å². The lowest BCUT2D eigenvalue weighted by Gasteiger charge is -2.24. The van der Waals surface area contributed by atoms with Gasteiger partial charge in [0.05, 0.1) is 16.3 Å². The van der Waals surface area contributed by atoms with Crippen LogP contribution in [0.5, 0.6) is 0 Å². The van der Waals surface area contributed by atoms with Gasteiger partial charge in [-0.3, -0.25) is 0 Å². The molecule has 1 heterocycles. The summed E-state index contributed by atoms with van der Waals surface area (Å²) in [5, 5.41) is 3.40. The molecule has 1 aromatic carbocycles. The summed E-state index contributed by atoms with van der Waals surface area (Å²) in [7, 11) is 0. The van der Waals surface area contributed by atoms with Crippen LogP contribution in [0.1, 0.15) is 12.0 Å². The first-order valence-corrected chi connectivity index (χ1v) is 6.19. The quantitative estimate of drug-likeness (QED) is 0.849. The summed E-state index contributed by atoms with van der Waals surface area (Å²) in [5.74, 6) is 0. The van der Waals surface area contributed by atoms with Gasteiger partial charge < -0.3 is 10.2 Å². The van der Waals surface area contributed by atoms with Gasteiger partial charge in [0.2, 0.25) is 0 Å². The van der Waals surface area contributed by atoms with Crippen LogP contribution in [0.25, 0.3) is 0 Å². The molecule has 6 heteroatoms. The number of hydrogen-bond donors (Lipinski definition) is 1. The maximum absolute atomic E-state index is 12.5. The monoisotopic (exact) mass is 278 g/mol. The van der Waals surface area contributed by atoms with Crippen LogP contribution in [0, 0.1) is 0 Å². The summed E-state index contributed by atoms with van der Waals surface area (Å²) in [6.45, 7) is 3.30. The highest BCUT2D eigenvalue weighted by Crippen LogP contribution is 2.35. The van der Waals surface area contributed by atoms with Crippen LogP contribution in [0.2, 0.25) is 5.02 Å². The summed E-state index contributed by atoms with van der Waals surface area (Å²) in [6.07, 6.45) is -3.39. The molecule has 0 unspecified atom stereocenters. The van der Waals surface area contributed by atoms with Gasteiger partial charge in [-0.2, -0.15) is 13.2 Å². The average molecular weight is 279 g/mol. The number of anilines is 1. The van der Waals surface area contributed by atoms with Crippen molar-refractivity contribution >= 4 is 17.3 Å². The summed E-state index contributed by atoms with van der Waals surface area (Å²) >= 11 is 5.96. The van der Waals surface area contributed by atoms with E-state index in [0.717, 1.165) is 44.7 Å². The molecule has 0 spiro atoms. The molecular weight excluding hydrogens is 265 g/mol. The fourth-order valence-electron chi connectivity index (χ4n) is 2.03. The molecule has 1 aliphatic rings. The second kappa shape index (κ2) is 5.36. The Labute approximate surface area is 109 Å². The van der Waals surface area contributed by atoms with Crippen molar-refractivity contribution in [1.82, 2.24) is 5.32 Å². The van der Waals surface area contributed by atoms with Gasteiger partial charge in [0.15, 0.2) is 0 Å². The third kappa shape index (κ3) is 3.09. The van der Waals surface area contributed by atoms with E-state index in [2.05, 4.69) is 5.32 Å². The highest BCUT2D eigenvalue weighted by atomic mass is 35.5. The van der Waals surface area contributed by atoms with E-state index in [9.17, 15) is 13.2 Å². The molecule has 1 saturated heterocycles. The van der Waals surface area contributed by atoms with Crippen molar-refractivity contribution in [3.05, 3.63) is 28.8 Å². The van der Waals surface area contributed by atoms with E-state index in [4.69, 9.17) is 11.6 Å². The molecule has 0 amide bonds. The SMILES string of the molecule is FC(F)(F)c1ccc(N2CCCNCC2)c(Cl)c1. The molecule has 0 radical (unpaired) electrons. The van der Waals surface area contributed by atoms with E-state index >= 15 is 0 Å². The molecule has 1 N–H and O–H groups in total. The van der Waals surface area contributed by atoms with E-state index in [1.54, 1.807) is 0 Å². The molecule has 18 heavy (non-hydrogen) atoms. The van der Waals surface area contributed by atoms with E-state index in [1.807, 2.05) is 4.90 Å². The van der Waals surface area contributed by atoms with Gasteiger partial charge in [-0.25, -0.2) is 0 Å². The molecule has 1 fully saturated rings. The molecule has 0 atom stereocenters. The van der Waals surface area contributed by atoms with Crippen molar-refractivity contribution in [1.29, 1.82) is 0 Å². The first-order valence-electron chi connectivity index (χ1n) is 5.81. The Bertz CT molecular complexity index is 412. The summed E-state index contributed by atoms with van der Waals surface area (Å²) < 4.78 is 37.6. The standard InChI is InChI=1S/C12H14ClF3N2/c13-10-8-9(12(14,15)16)2-3-11(10)18-6-1-4-17-5-7-18/h2-3,8,17H,1,4-7H2. The van der Waals surface area contributed by atoms with Crippen LogP contribution in [-0.2, 0) is 6.18 Å². The van der Waals surface area contributed by atoms with Crippen molar-refractivity contribution in [3.8, 4) is 0 Å². The Balaban J connectivity index is 2.23. The number of nitrogens with zero attached hydrogens (tertiary/aromatic N) is 1. The molecule has 0 aromatic heterocycles. The molecular formula is C12H14ClF3N2. The number of benzene rings is 1. The molecule has 2 nitrogen and oxygen atoms in total. The lowest BCUT2D eigenvalue weighted by Crippen LogP contribution is -2.28. The van der Waals surface area contributed by atoms with Gasteiger partial charge in [0, 0.05) is 19.6 Å². The van der Waals surface area contributed by atoms with Crippen molar-refractivity contribution in [2.24, 2.45) is 0 Å².